The van der Waals surface area contributed by atoms with Crippen LogP contribution in [0.1, 0.15) is 60.1 Å². The number of nitrogens with two attached hydrogens (primary N) is 1. The average molecular weight is 645 g/mol. The number of rotatable bonds is 13. The molecule has 1 aliphatic rings. The largest absolute Gasteiger partial charge is 0.487 e. The van der Waals surface area contributed by atoms with Crippen molar-refractivity contribution in [3.05, 3.63) is 94.0 Å². The van der Waals surface area contributed by atoms with Crippen LogP contribution in [0.3, 0.4) is 0 Å². The van der Waals surface area contributed by atoms with Gasteiger partial charge < -0.3 is 15.8 Å². The molecule has 0 aromatic heterocycles. The summed E-state index contributed by atoms with van der Waals surface area (Å²) in [5.74, 6) is 0.282. The number of carbonyl (C=O) groups excluding carboxylic acids is 1. The minimum Gasteiger partial charge on any atom is -0.487 e. The average Bonchev–Trinajstić information content (AvgIpc) is 3.36. The van der Waals surface area contributed by atoms with E-state index < -0.39 is 27.7 Å². The molecule has 11 heteroatoms. The van der Waals surface area contributed by atoms with E-state index in [-0.39, 0.29) is 23.3 Å². The van der Waals surface area contributed by atoms with Gasteiger partial charge in [-0.3, -0.25) is 15.1 Å². The molecule has 4 rings (SSSR count). The van der Waals surface area contributed by atoms with E-state index >= 15 is 0 Å². The highest BCUT2D eigenvalue weighted by Gasteiger charge is 2.36. The first-order chi connectivity index (χ1) is 21.8. The number of guanidine groups is 1. The van der Waals surface area contributed by atoms with E-state index in [0.29, 0.717) is 43.4 Å². The lowest BCUT2D eigenvalue weighted by atomic mass is 9.94. The quantitative estimate of drug-likeness (QED) is 0.124. The Morgan fingerprint density at radius 1 is 1.02 bits per heavy atom. The number of ether oxygens (including phenoxy) is 1. The Kier molecular flexibility index (Phi) is 11.1. The van der Waals surface area contributed by atoms with Crippen LogP contribution >= 0.6 is 0 Å². The molecule has 0 bridgehead atoms. The third-order valence-electron chi connectivity index (χ3n) is 8.20. The van der Waals surface area contributed by atoms with Gasteiger partial charge in [-0.2, -0.15) is 5.26 Å². The van der Waals surface area contributed by atoms with E-state index in [0.717, 1.165) is 28.0 Å². The van der Waals surface area contributed by atoms with Crippen molar-refractivity contribution in [2.24, 2.45) is 10.7 Å². The molecule has 1 amide bonds. The normalized spacial score (nSPS) is 15.3. The van der Waals surface area contributed by atoms with Gasteiger partial charge in [0, 0.05) is 31.5 Å². The summed E-state index contributed by atoms with van der Waals surface area (Å²) in [5.41, 5.74) is 10.5. The van der Waals surface area contributed by atoms with Gasteiger partial charge in [-0.05, 0) is 75.3 Å². The predicted octanol–water partition coefficient (Wildman–Crippen LogP) is 4.11. The Balaban J connectivity index is 1.42. The third kappa shape index (κ3) is 8.65. The summed E-state index contributed by atoms with van der Waals surface area (Å²) in [4.78, 5) is 17.7. The van der Waals surface area contributed by atoms with Crippen molar-refractivity contribution in [3.63, 3.8) is 0 Å². The number of amides is 1. The Labute approximate surface area is 272 Å². The SMILES string of the molecule is Cc1c(C)c(S(=O)(=O)NC(N)=NCCC[C@H](N[C@H](C#N)Cc2ccccc2)C(=O)NCc2ccccc2)c(C)c2c1OC(C)(C)C2. The zero-order valence-corrected chi connectivity index (χ0v) is 28.0. The highest BCUT2D eigenvalue weighted by atomic mass is 32.2. The third-order valence-corrected chi connectivity index (χ3v) is 9.83. The zero-order chi connectivity index (χ0) is 33.5. The lowest BCUT2D eigenvalue weighted by molar-refractivity contribution is -0.123. The molecular weight excluding hydrogens is 600 g/mol. The van der Waals surface area contributed by atoms with Crippen LogP contribution < -0.4 is 25.8 Å². The van der Waals surface area contributed by atoms with Crippen molar-refractivity contribution >= 4 is 21.9 Å². The Morgan fingerprint density at radius 3 is 2.28 bits per heavy atom. The molecule has 0 spiro atoms. The Hall–Kier alpha value is -4.40. The topological polar surface area (TPSA) is 159 Å². The van der Waals surface area contributed by atoms with E-state index in [2.05, 4.69) is 26.4 Å². The summed E-state index contributed by atoms with van der Waals surface area (Å²) in [5, 5.41) is 16.0. The molecule has 2 atom stereocenters. The molecule has 0 aliphatic carbocycles. The summed E-state index contributed by atoms with van der Waals surface area (Å²) in [6.45, 7) is 9.91. The number of hydrogen-bond donors (Lipinski definition) is 4. The Morgan fingerprint density at radius 2 is 1.65 bits per heavy atom. The summed E-state index contributed by atoms with van der Waals surface area (Å²) >= 11 is 0. The number of benzene rings is 3. The van der Waals surface area contributed by atoms with Gasteiger partial charge in [0.15, 0.2) is 0 Å². The molecule has 0 saturated heterocycles. The Bertz CT molecular complexity index is 1720. The van der Waals surface area contributed by atoms with Crippen LogP contribution in [0, 0.1) is 32.1 Å². The maximum Gasteiger partial charge on any atom is 0.264 e. The van der Waals surface area contributed by atoms with Crippen molar-refractivity contribution in [2.45, 2.75) is 89.4 Å². The standard InChI is InChI=1S/C35H44N6O4S/c1-23-24(2)32(25(3)29-20-35(4,5)45-31(23)29)46(43,44)41-34(37)38-18-12-17-30(33(42)39-22-27-15-10-7-11-16-27)40-28(21-36)19-26-13-8-6-9-14-26/h6-11,13-16,28,30,40H,12,17-20,22H2,1-5H3,(H,39,42)(H3,37,38,41)/t28-,30-/m0/s1. The minimum atomic E-state index is -4.03. The maximum absolute atomic E-state index is 13.5. The number of nitrogens with zero attached hydrogens (tertiary/aromatic N) is 2. The molecule has 0 unspecified atom stereocenters. The van der Waals surface area contributed by atoms with Gasteiger partial charge in [0.05, 0.1) is 23.0 Å². The molecule has 5 N–H and O–H groups in total. The molecule has 0 fully saturated rings. The molecule has 0 saturated carbocycles. The van der Waals surface area contributed by atoms with Crippen molar-refractivity contribution < 1.29 is 17.9 Å². The lowest BCUT2D eigenvalue weighted by Crippen LogP contribution is -2.48. The molecule has 1 heterocycles. The van der Waals surface area contributed by atoms with Gasteiger partial charge >= 0.3 is 0 Å². The number of hydrogen-bond acceptors (Lipinski definition) is 7. The molecule has 10 nitrogen and oxygen atoms in total. The monoisotopic (exact) mass is 644 g/mol. The number of nitriles is 1. The molecular formula is C35H44N6O4S. The number of nitrogens with one attached hydrogen (secondary N) is 3. The van der Waals surface area contributed by atoms with Crippen LogP contribution in [0.25, 0.3) is 0 Å². The van der Waals surface area contributed by atoms with Crippen molar-refractivity contribution in [2.75, 3.05) is 6.54 Å². The first-order valence-corrected chi connectivity index (χ1v) is 16.9. The van der Waals surface area contributed by atoms with E-state index in [4.69, 9.17) is 10.5 Å². The van der Waals surface area contributed by atoms with Crippen LogP contribution in [0.2, 0.25) is 0 Å². The summed E-state index contributed by atoms with van der Waals surface area (Å²) in [6.07, 6.45) is 1.82. The zero-order valence-electron chi connectivity index (χ0n) is 27.2. The van der Waals surface area contributed by atoms with E-state index in [1.807, 2.05) is 81.4 Å². The summed E-state index contributed by atoms with van der Waals surface area (Å²) in [7, 11) is -4.03. The van der Waals surface area contributed by atoms with Gasteiger partial charge in [0.1, 0.15) is 11.4 Å². The smallest absolute Gasteiger partial charge is 0.264 e. The minimum absolute atomic E-state index is 0.178. The molecule has 1 aliphatic heterocycles. The van der Waals surface area contributed by atoms with Gasteiger partial charge in [-0.25, -0.2) is 13.1 Å². The fourth-order valence-corrected chi connectivity index (χ4v) is 7.32. The lowest BCUT2D eigenvalue weighted by Gasteiger charge is -2.21. The fraction of sp³-hybridized carbons (Fsp3) is 0.400. The van der Waals surface area contributed by atoms with Gasteiger partial charge in [-0.15, -0.1) is 0 Å². The second-order valence-corrected chi connectivity index (χ2v) is 14.0. The van der Waals surface area contributed by atoms with Crippen LogP contribution in [-0.4, -0.2) is 44.5 Å². The van der Waals surface area contributed by atoms with Crippen molar-refractivity contribution in [1.82, 2.24) is 15.4 Å². The molecule has 0 radical (unpaired) electrons. The van der Waals surface area contributed by atoms with E-state index in [9.17, 15) is 18.5 Å². The number of aliphatic imine (C=N–C) groups is 1. The van der Waals surface area contributed by atoms with Crippen molar-refractivity contribution in [1.29, 1.82) is 5.26 Å². The second kappa shape index (κ2) is 14.8. The number of fused-ring (bicyclic) bond motifs is 1. The second-order valence-electron chi connectivity index (χ2n) is 12.4. The van der Waals surface area contributed by atoms with Gasteiger partial charge in [0.25, 0.3) is 10.0 Å². The molecule has 46 heavy (non-hydrogen) atoms. The first-order valence-electron chi connectivity index (χ1n) is 15.5. The van der Waals surface area contributed by atoms with Crippen LogP contribution in [0.15, 0.2) is 70.6 Å². The summed E-state index contributed by atoms with van der Waals surface area (Å²) in [6, 6.07) is 20.2. The fourth-order valence-electron chi connectivity index (χ4n) is 5.80. The molecule has 244 valence electrons. The first kappa shape index (κ1) is 34.5. The predicted molar refractivity (Wildman–Crippen MR) is 180 cm³/mol. The highest BCUT2D eigenvalue weighted by molar-refractivity contribution is 7.90. The van der Waals surface area contributed by atoms with E-state index in [1.165, 1.54) is 0 Å². The maximum atomic E-state index is 13.5. The van der Waals surface area contributed by atoms with Crippen LogP contribution in [0.5, 0.6) is 5.75 Å². The van der Waals surface area contributed by atoms with Crippen LogP contribution in [0.4, 0.5) is 0 Å². The van der Waals surface area contributed by atoms with E-state index in [1.54, 1.807) is 13.8 Å². The van der Waals surface area contributed by atoms with Gasteiger partial charge in [-0.1, -0.05) is 60.7 Å². The van der Waals surface area contributed by atoms with Gasteiger partial charge in [0.2, 0.25) is 11.9 Å². The summed E-state index contributed by atoms with van der Waals surface area (Å²) < 4.78 is 35.6. The molecule has 3 aromatic rings. The number of sulfonamides is 1. The van der Waals surface area contributed by atoms with Crippen molar-refractivity contribution in [3.8, 4) is 11.8 Å². The van der Waals surface area contributed by atoms with Crippen LogP contribution in [-0.2, 0) is 34.2 Å². The highest BCUT2D eigenvalue weighted by Crippen LogP contribution is 2.43. The molecule has 3 aromatic carbocycles. The number of carbonyl (C=O) groups is 1.